The molecule has 0 aliphatic carbocycles. The van der Waals surface area contributed by atoms with Crippen molar-refractivity contribution in [3.63, 3.8) is 0 Å². The molecule has 8 heteroatoms. The van der Waals surface area contributed by atoms with Crippen molar-refractivity contribution in [2.75, 3.05) is 20.2 Å². The van der Waals surface area contributed by atoms with Gasteiger partial charge in [0.25, 0.3) is 10.0 Å². The van der Waals surface area contributed by atoms with Crippen molar-refractivity contribution in [3.8, 4) is 0 Å². The van der Waals surface area contributed by atoms with Gasteiger partial charge in [0.1, 0.15) is 5.82 Å². The van der Waals surface area contributed by atoms with Crippen LogP contribution in [0.3, 0.4) is 0 Å². The van der Waals surface area contributed by atoms with E-state index in [2.05, 4.69) is 4.98 Å². The second-order valence-corrected chi connectivity index (χ2v) is 7.02. The number of methoxy groups -OCH3 is 1. The molecule has 0 saturated carbocycles. The Morgan fingerprint density at radius 2 is 2.24 bits per heavy atom. The molecule has 1 aromatic rings. The van der Waals surface area contributed by atoms with Gasteiger partial charge in [0, 0.05) is 25.8 Å². The monoisotopic (exact) mass is 315 g/mol. The molecule has 2 rings (SSSR count). The van der Waals surface area contributed by atoms with Gasteiger partial charge in [0.05, 0.1) is 13.0 Å². The number of rotatable bonds is 4. The molecule has 0 aromatic carbocycles. The topological polar surface area (TPSA) is 81.5 Å². The lowest BCUT2D eigenvalue weighted by Gasteiger charge is -2.29. The zero-order valence-corrected chi connectivity index (χ0v) is 13.4. The average Bonchev–Trinajstić information content (AvgIpc) is 2.88. The van der Waals surface area contributed by atoms with Crippen LogP contribution < -0.4 is 0 Å². The molecular weight excluding hydrogens is 294 g/mol. The summed E-state index contributed by atoms with van der Waals surface area (Å²) in [6.45, 7) is 4.94. The maximum absolute atomic E-state index is 12.6. The highest BCUT2D eigenvalue weighted by atomic mass is 32.2. The second kappa shape index (κ2) is 6.15. The Morgan fingerprint density at radius 1 is 1.52 bits per heavy atom. The first-order valence-corrected chi connectivity index (χ1v) is 8.46. The van der Waals surface area contributed by atoms with Gasteiger partial charge < -0.3 is 9.30 Å². The third-order valence-corrected chi connectivity index (χ3v) is 5.55. The maximum Gasteiger partial charge on any atom is 0.309 e. The van der Waals surface area contributed by atoms with Gasteiger partial charge in [-0.3, -0.25) is 4.79 Å². The molecule has 1 unspecified atom stereocenters. The van der Waals surface area contributed by atoms with Crippen molar-refractivity contribution >= 4 is 16.0 Å². The Labute approximate surface area is 125 Å². The summed E-state index contributed by atoms with van der Waals surface area (Å²) >= 11 is 0. The van der Waals surface area contributed by atoms with Crippen LogP contribution in [0.1, 0.15) is 25.6 Å². The minimum atomic E-state index is -3.65. The van der Waals surface area contributed by atoms with Gasteiger partial charge in [-0.1, -0.05) is 0 Å². The zero-order chi connectivity index (χ0) is 15.6. The Hall–Kier alpha value is -1.41. The van der Waals surface area contributed by atoms with Crippen LogP contribution in [-0.2, 0) is 26.1 Å². The van der Waals surface area contributed by atoms with Crippen LogP contribution >= 0.6 is 0 Å². The lowest BCUT2D eigenvalue weighted by molar-refractivity contribution is -0.146. The first kappa shape index (κ1) is 16.0. The number of ether oxygens (including phenoxy) is 1. The molecular formula is C13H21N3O4S. The Balaban J connectivity index is 2.24. The van der Waals surface area contributed by atoms with E-state index >= 15 is 0 Å². The minimum absolute atomic E-state index is 0.0485. The molecule has 1 fully saturated rings. The van der Waals surface area contributed by atoms with E-state index in [0.29, 0.717) is 31.8 Å². The van der Waals surface area contributed by atoms with Crippen LogP contribution in [0, 0.1) is 12.8 Å². The van der Waals surface area contributed by atoms with Crippen LogP contribution in [0.5, 0.6) is 0 Å². The maximum atomic E-state index is 12.6. The van der Waals surface area contributed by atoms with E-state index in [1.807, 2.05) is 6.92 Å². The molecule has 21 heavy (non-hydrogen) atoms. The minimum Gasteiger partial charge on any atom is -0.469 e. The van der Waals surface area contributed by atoms with Crippen LogP contribution in [0.2, 0.25) is 0 Å². The first-order chi connectivity index (χ1) is 9.90. The molecule has 1 atom stereocenters. The van der Waals surface area contributed by atoms with Gasteiger partial charge in [-0.2, -0.15) is 4.31 Å². The molecule has 0 radical (unpaired) electrons. The van der Waals surface area contributed by atoms with Crippen molar-refractivity contribution in [2.24, 2.45) is 5.92 Å². The third-order valence-electron chi connectivity index (χ3n) is 3.82. The number of carbonyl (C=O) groups excluding carboxylic acids is 1. The van der Waals surface area contributed by atoms with E-state index in [1.165, 1.54) is 11.4 Å². The Kier molecular flexibility index (Phi) is 4.67. The largest absolute Gasteiger partial charge is 0.469 e. The van der Waals surface area contributed by atoms with Crippen molar-refractivity contribution in [2.45, 2.75) is 38.3 Å². The highest BCUT2D eigenvalue weighted by Gasteiger charge is 2.35. The summed E-state index contributed by atoms with van der Waals surface area (Å²) in [5.41, 5.74) is 0. The zero-order valence-electron chi connectivity index (χ0n) is 12.6. The molecule has 1 aliphatic rings. The molecule has 0 bridgehead atoms. The van der Waals surface area contributed by atoms with Crippen molar-refractivity contribution in [3.05, 3.63) is 12.0 Å². The van der Waals surface area contributed by atoms with Crippen LogP contribution in [0.25, 0.3) is 0 Å². The van der Waals surface area contributed by atoms with Gasteiger partial charge in [-0.15, -0.1) is 0 Å². The van der Waals surface area contributed by atoms with Crippen LogP contribution in [-0.4, -0.2) is 48.4 Å². The van der Waals surface area contributed by atoms with Crippen LogP contribution in [0.4, 0.5) is 0 Å². The van der Waals surface area contributed by atoms with Crippen LogP contribution in [0.15, 0.2) is 11.2 Å². The normalized spacial score (nSPS) is 20.4. The van der Waals surface area contributed by atoms with Gasteiger partial charge in [-0.05, 0) is 26.7 Å². The third kappa shape index (κ3) is 3.11. The van der Waals surface area contributed by atoms with Crippen molar-refractivity contribution < 1.29 is 17.9 Å². The van der Waals surface area contributed by atoms with E-state index in [4.69, 9.17) is 4.74 Å². The van der Waals surface area contributed by atoms with Crippen molar-refractivity contribution in [1.82, 2.24) is 13.9 Å². The van der Waals surface area contributed by atoms with E-state index in [0.717, 1.165) is 0 Å². The number of nitrogens with zero attached hydrogens (tertiary/aromatic N) is 3. The molecule has 0 N–H and O–H groups in total. The lowest BCUT2D eigenvalue weighted by atomic mass is 10.0. The number of hydrogen-bond donors (Lipinski definition) is 0. The number of esters is 1. The van der Waals surface area contributed by atoms with Gasteiger partial charge in [0.2, 0.25) is 0 Å². The number of aromatic nitrogens is 2. The van der Waals surface area contributed by atoms with Gasteiger partial charge >= 0.3 is 5.97 Å². The smallest absolute Gasteiger partial charge is 0.309 e. The number of sulfonamides is 1. The SMILES string of the molecule is CCn1cc(S(=O)(=O)N2CCCC(C(=O)OC)C2)nc1C. The number of piperidine rings is 1. The van der Waals surface area contributed by atoms with Crippen molar-refractivity contribution in [1.29, 1.82) is 0 Å². The van der Waals surface area contributed by atoms with E-state index in [-0.39, 0.29) is 17.5 Å². The summed E-state index contributed by atoms with van der Waals surface area (Å²) in [6, 6.07) is 0. The fraction of sp³-hybridized carbons (Fsp3) is 0.692. The lowest BCUT2D eigenvalue weighted by Crippen LogP contribution is -2.42. The molecule has 0 amide bonds. The van der Waals surface area contributed by atoms with Gasteiger partial charge in [-0.25, -0.2) is 13.4 Å². The first-order valence-electron chi connectivity index (χ1n) is 7.02. The second-order valence-electron chi connectivity index (χ2n) is 5.14. The quantitative estimate of drug-likeness (QED) is 0.767. The number of hydrogen-bond acceptors (Lipinski definition) is 5. The molecule has 1 aliphatic heterocycles. The summed E-state index contributed by atoms with van der Waals surface area (Å²) in [5.74, 6) is -0.0874. The Morgan fingerprint density at radius 3 is 2.81 bits per heavy atom. The highest BCUT2D eigenvalue weighted by molar-refractivity contribution is 7.89. The number of aryl methyl sites for hydroxylation is 2. The summed E-state index contributed by atoms with van der Waals surface area (Å²) in [4.78, 5) is 15.8. The predicted molar refractivity (Wildman–Crippen MR) is 76.1 cm³/mol. The summed E-state index contributed by atoms with van der Waals surface area (Å²) in [5, 5.41) is 0.0485. The fourth-order valence-electron chi connectivity index (χ4n) is 2.58. The van der Waals surface area contributed by atoms with E-state index < -0.39 is 15.9 Å². The van der Waals surface area contributed by atoms with Gasteiger partial charge in [0.15, 0.2) is 5.03 Å². The molecule has 2 heterocycles. The highest BCUT2D eigenvalue weighted by Crippen LogP contribution is 2.24. The molecule has 118 valence electrons. The molecule has 1 saturated heterocycles. The van der Waals surface area contributed by atoms with E-state index in [1.54, 1.807) is 17.7 Å². The standard InChI is InChI=1S/C13H21N3O4S/c1-4-15-9-12(14-10(15)2)21(18,19)16-7-5-6-11(8-16)13(17)20-3/h9,11H,4-8H2,1-3H3. The summed E-state index contributed by atoms with van der Waals surface area (Å²) in [7, 11) is -2.33. The molecule has 7 nitrogen and oxygen atoms in total. The summed E-state index contributed by atoms with van der Waals surface area (Å²) < 4.78 is 33.1. The predicted octanol–water partition coefficient (Wildman–Crippen LogP) is 0.785. The molecule has 1 aromatic heterocycles. The molecule has 0 spiro atoms. The van der Waals surface area contributed by atoms with E-state index in [9.17, 15) is 13.2 Å². The fourth-order valence-corrected chi connectivity index (χ4v) is 4.09. The number of carbonyl (C=O) groups is 1. The summed E-state index contributed by atoms with van der Waals surface area (Å²) in [6.07, 6.45) is 2.85. The number of imidazole rings is 1. The Bertz CT molecular complexity index is 623. The average molecular weight is 315 g/mol.